The molecule has 5 saturated heterocycles. The molecule has 5 heterocycles. The number of quaternary nitrogens is 5. The summed E-state index contributed by atoms with van der Waals surface area (Å²) in [7, 11) is 10.0. The van der Waals surface area contributed by atoms with Crippen LogP contribution in [0, 0.1) is 0 Å². The summed E-state index contributed by atoms with van der Waals surface area (Å²) >= 11 is 0. The molecule has 0 amide bonds. The van der Waals surface area contributed by atoms with Crippen molar-refractivity contribution in [3.63, 3.8) is 0 Å². The van der Waals surface area contributed by atoms with E-state index in [1.165, 1.54) is 128 Å². The standard InChI is InChI=1S/C20H43N6.C2H6O2.2Mn.2H2O/c1-21-5-7-22(2)9-14-25(19-22,8-6-21)15-18-26-16-12-23(3)10-11-24(4,13-17-26)20(23)26;1-2(3)4;;;;/h20H,5-19H2,1-4H3;2-4H,1H3;;;2*1H2/q+5;;;;;. The van der Waals surface area contributed by atoms with E-state index in [4.69, 9.17) is 10.2 Å². The molecule has 34 heavy (non-hydrogen) atoms. The van der Waals surface area contributed by atoms with Gasteiger partial charge >= 0.3 is 6.29 Å². The first-order valence-corrected chi connectivity index (χ1v) is 12.2. The zero-order chi connectivity index (χ0) is 21.8. The fourth-order valence-corrected chi connectivity index (χ4v) is 7.83. The maximum atomic E-state index is 7.61. The van der Waals surface area contributed by atoms with E-state index in [1.807, 2.05) is 0 Å². The smallest absolute Gasteiger partial charge is 0.344 e. The van der Waals surface area contributed by atoms with Gasteiger partial charge in [0.2, 0.25) is 6.67 Å². The average molecular weight is 576 g/mol. The zero-order valence-corrected chi connectivity index (χ0v) is 24.5. The summed E-state index contributed by atoms with van der Waals surface area (Å²) in [6.45, 7) is 22.3. The molecule has 5 aliphatic rings. The van der Waals surface area contributed by atoms with E-state index in [0.29, 0.717) is 0 Å². The molecule has 2 bridgehead atoms. The zero-order valence-electron chi connectivity index (χ0n) is 22.1. The van der Waals surface area contributed by atoms with Crippen LogP contribution < -0.4 is 0 Å². The molecule has 2 radical (unpaired) electrons. The van der Waals surface area contributed by atoms with Crippen molar-refractivity contribution < 1.29 is 77.7 Å². The van der Waals surface area contributed by atoms with Crippen LogP contribution >= 0.6 is 0 Å². The van der Waals surface area contributed by atoms with Gasteiger partial charge in [-0.15, -0.1) is 0 Å². The van der Waals surface area contributed by atoms with E-state index < -0.39 is 6.29 Å². The third kappa shape index (κ3) is 6.37. The molecular formula is C22H53Mn2N6O4+5. The van der Waals surface area contributed by atoms with Gasteiger partial charge in [0.15, 0.2) is 0 Å². The van der Waals surface area contributed by atoms with Gasteiger partial charge in [-0.1, -0.05) is 0 Å². The summed E-state index contributed by atoms with van der Waals surface area (Å²) in [5.74, 6) is 0. The summed E-state index contributed by atoms with van der Waals surface area (Å²) in [4.78, 5) is 2.59. The number of likely N-dealkylation sites (N-methyl/N-ethyl adjacent to an activating group) is 4. The van der Waals surface area contributed by atoms with Gasteiger partial charge in [0.25, 0.3) is 0 Å². The van der Waals surface area contributed by atoms with Gasteiger partial charge in [-0.05, 0) is 14.0 Å². The second-order valence-corrected chi connectivity index (χ2v) is 12.2. The van der Waals surface area contributed by atoms with E-state index >= 15 is 0 Å². The van der Waals surface area contributed by atoms with Crippen LogP contribution in [0.2, 0.25) is 0 Å². The molecule has 5 rings (SSSR count). The Morgan fingerprint density at radius 1 is 0.735 bits per heavy atom. The molecule has 0 aromatic rings. The monoisotopic (exact) mass is 575 g/mol. The topological polar surface area (TPSA) is 107 Å². The minimum Gasteiger partial charge on any atom is -0.412 e. The molecule has 4 atom stereocenters. The fourth-order valence-electron chi connectivity index (χ4n) is 7.83. The summed E-state index contributed by atoms with van der Waals surface area (Å²) < 4.78 is 6.91. The van der Waals surface area contributed by atoms with Crippen molar-refractivity contribution in [2.45, 2.75) is 19.5 Å². The molecule has 5 aliphatic heterocycles. The van der Waals surface area contributed by atoms with Crippen LogP contribution in [0.15, 0.2) is 0 Å². The Labute approximate surface area is 228 Å². The van der Waals surface area contributed by atoms with Crippen LogP contribution in [0.5, 0.6) is 0 Å². The fraction of sp³-hybridized carbons (Fsp3) is 1.00. The van der Waals surface area contributed by atoms with Gasteiger partial charge in [0.05, 0.1) is 34.2 Å². The molecule has 0 aliphatic carbocycles. The Morgan fingerprint density at radius 3 is 1.74 bits per heavy atom. The maximum absolute atomic E-state index is 7.61. The van der Waals surface area contributed by atoms with Crippen LogP contribution in [-0.4, -0.2) is 188 Å². The number of hydrogen-bond acceptors (Lipinski definition) is 3. The Morgan fingerprint density at radius 2 is 1.21 bits per heavy atom. The number of nitrogens with zero attached hydrogens (tertiary/aromatic N) is 6. The van der Waals surface area contributed by atoms with Crippen LogP contribution in [-0.2, 0) is 34.1 Å². The van der Waals surface area contributed by atoms with Crippen molar-refractivity contribution in [2.24, 2.45) is 0 Å². The van der Waals surface area contributed by atoms with Gasteiger partial charge in [-0.3, -0.25) is 13.9 Å². The molecule has 12 heteroatoms. The Kier molecular flexibility index (Phi) is 12.2. The van der Waals surface area contributed by atoms with E-state index in [1.54, 1.807) is 0 Å². The second-order valence-electron chi connectivity index (χ2n) is 12.2. The third-order valence-electron chi connectivity index (χ3n) is 9.59. The molecule has 6 N–H and O–H groups in total. The molecule has 4 unspecified atom stereocenters. The van der Waals surface area contributed by atoms with Crippen molar-refractivity contribution in [1.82, 2.24) is 4.90 Å². The minimum atomic E-state index is -1.17. The van der Waals surface area contributed by atoms with E-state index in [0.717, 1.165) is 6.29 Å². The Balaban J connectivity index is 0.00000127. The van der Waals surface area contributed by atoms with Crippen LogP contribution in [0.4, 0.5) is 0 Å². The summed E-state index contributed by atoms with van der Waals surface area (Å²) in [6, 6.07) is 0. The van der Waals surface area contributed by atoms with Crippen molar-refractivity contribution in [2.75, 3.05) is 126 Å². The molecule has 10 nitrogen and oxygen atoms in total. The molecule has 0 aromatic heterocycles. The van der Waals surface area contributed by atoms with Gasteiger partial charge in [-0.25, -0.2) is 13.4 Å². The third-order valence-corrected chi connectivity index (χ3v) is 9.59. The minimum absolute atomic E-state index is 0. The molecule has 0 saturated carbocycles. The first-order valence-electron chi connectivity index (χ1n) is 12.2. The average Bonchev–Trinajstić information content (AvgIpc) is 3.34. The molecule has 0 aromatic carbocycles. The first-order chi connectivity index (χ1) is 13.9. The van der Waals surface area contributed by atoms with Gasteiger partial charge < -0.3 is 21.2 Å². The number of rotatable bonds is 3. The maximum Gasteiger partial charge on any atom is 0.344 e. The number of aliphatic hydroxyl groups is 2. The normalized spacial score (nSPS) is 44.3. The summed E-state index contributed by atoms with van der Waals surface area (Å²) in [5.41, 5.74) is 0. The van der Waals surface area contributed by atoms with Crippen LogP contribution in [0.3, 0.4) is 0 Å². The van der Waals surface area contributed by atoms with Crippen LogP contribution in [0.1, 0.15) is 6.92 Å². The largest absolute Gasteiger partial charge is 0.412 e. The van der Waals surface area contributed by atoms with Gasteiger partial charge in [-0.2, -0.15) is 0 Å². The van der Waals surface area contributed by atoms with Crippen molar-refractivity contribution in [3.05, 3.63) is 0 Å². The van der Waals surface area contributed by atoms with Gasteiger partial charge in [0, 0.05) is 47.2 Å². The number of hydrogen-bond donors (Lipinski definition) is 2. The second kappa shape index (κ2) is 12.0. The Hall–Kier alpha value is 0.639. The van der Waals surface area contributed by atoms with Crippen LogP contribution in [0.25, 0.3) is 0 Å². The molecule has 5 fully saturated rings. The van der Waals surface area contributed by atoms with Crippen molar-refractivity contribution in [1.29, 1.82) is 0 Å². The molecular weight excluding hydrogens is 522 g/mol. The predicted molar refractivity (Wildman–Crippen MR) is 125 cm³/mol. The van der Waals surface area contributed by atoms with E-state index in [2.05, 4.69) is 33.1 Å². The van der Waals surface area contributed by atoms with E-state index in [9.17, 15) is 0 Å². The van der Waals surface area contributed by atoms with E-state index in [-0.39, 0.29) is 45.1 Å². The molecule has 204 valence electrons. The quantitative estimate of drug-likeness (QED) is 0.211. The summed E-state index contributed by atoms with van der Waals surface area (Å²) in [6.07, 6.45) is -0.311. The van der Waals surface area contributed by atoms with Crippen molar-refractivity contribution in [3.8, 4) is 0 Å². The first kappa shape index (κ1) is 34.6. The number of aliphatic hydroxyl groups excluding tert-OH is 1. The van der Waals surface area contributed by atoms with Crippen molar-refractivity contribution >= 4 is 0 Å². The molecule has 0 spiro atoms. The Bertz CT molecular complexity index is 642. The predicted octanol–water partition coefficient (Wildman–Crippen LogP) is -3.14. The SMILES string of the molecule is CC(O)O.CN1CC[N+]2(C)CC[N+](CC[N+]34CC[N+]5(C)CC[N+](C)(CC3)C54)(CC1)C2.O.O.[Mn].[Mn]. The summed E-state index contributed by atoms with van der Waals surface area (Å²) in [5, 5.41) is 15.2. The number of fused-ring (bicyclic) bond motifs is 2. The van der Waals surface area contributed by atoms with Gasteiger partial charge in [0.1, 0.15) is 71.7 Å².